The molecule has 0 saturated carbocycles. The van der Waals surface area contributed by atoms with E-state index < -0.39 is 0 Å². The number of imidazole rings is 1. The third-order valence-electron chi connectivity index (χ3n) is 2.29. The van der Waals surface area contributed by atoms with Gasteiger partial charge in [0.15, 0.2) is 5.78 Å². The van der Waals surface area contributed by atoms with Gasteiger partial charge >= 0.3 is 0 Å². The molecule has 0 bridgehead atoms. The van der Waals surface area contributed by atoms with E-state index in [2.05, 4.69) is 27.3 Å². The number of rotatable bonds is 5. The van der Waals surface area contributed by atoms with Gasteiger partial charge in [-0.25, -0.2) is 4.98 Å². The largest absolute Gasteiger partial charge is 0.335 e. The maximum absolute atomic E-state index is 11.8. The van der Waals surface area contributed by atoms with Gasteiger partial charge in [-0.05, 0) is 6.42 Å². The Morgan fingerprint density at radius 2 is 2.44 bits per heavy atom. The van der Waals surface area contributed by atoms with Gasteiger partial charge in [0.2, 0.25) is 0 Å². The third kappa shape index (κ3) is 2.16. The van der Waals surface area contributed by atoms with Crippen molar-refractivity contribution < 1.29 is 4.79 Å². The van der Waals surface area contributed by atoms with E-state index in [0.29, 0.717) is 5.69 Å². The Bertz CT molecular complexity index is 459. The summed E-state index contributed by atoms with van der Waals surface area (Å²) in [6.45, 7) is 2.96. The lowest BCUT2D eigenvalue weighted by Gasteiger charge is -2.04. The van der Waals surface area contributed by atoms with Crippen molar-refractivity contribution >= 4 is 5.78 Å². The monoisotopic (exact) mass is 219 g/mol. The lowest BCUT2D eigenvalue weighted by atomic mass is 10.2. The van der Waals surface area contributed by atoms with E-state index in [1.165, 1.54) is 6.20 Å². The molecule has 16 heavy (non-hydrogen) atoms. The predicted octanol–water partition coefficient (Wildman–Crippen LogP) is 0.837. The number of aromatic amines is 1. The molecule has 1 N–H and O–H groups in total. The topological polar surface area (TPSA) is 76.5 Å². The van der Waals surface area contributed by atoms with Gasteiger partial charge in [0.1, 0.15) is 11.5 Å². The average molecular weight is 219 g/mol. The highest BCUT2D eigenvalue weighted by Gasteiger charge is 2.13. The van der Waals surface area contributed by atoms with E-state index in [4.69, 9.17) is 0 Å². The van der Waals surface area contributed by atoms with E-state index in [1.54, 1.807) is 6.20 Å². The lowest BCUT2D eigenvalue weighted by Crippen LogP contribution is -2.10. The van der Waals surface area contributed by atoms with E-state index in [9.17, 15) is 4.79 Å². The number of Topliss-reactive ketones (excluding diaryl/α,β-unsaturated/α-hetero) is 1. The van der Waals surface area contributed by atoms with Crippen molar-refractivity contribution in [3.8, 4) is 0 Å². The fourth-order valence-corrected chi connectivity index (χ4v) is 1.52. The van der Waals surface area contributed by atoms with Crippen LogP contribution in [0.4, 0.5) is 0 Å². The molecule has 0 unspecified atom stereocenters. The number of carbonyl (C=O) groups excluding carboxylic acids is 1. The smallest absolute Gasteiger partial charge is 0.192 e. The molecule has 2 aromatic heterocycles. The second kappa shape index (κ2) is 4.69. The molecule has 6 nitrogen and oxygen atoms in total. The van der Waals surface area contributed by atoms with Crippen molar-refractivity contribution in [2.45, 2.75) is 26.3 Å². The lowest BCUT2D eigenvalue weighted by molar-refractivity contribution is 0.0985. The molecule has 84 valence electrons. The number of ketones is 1. The van der Waals surface area contributed by atoms with Crippen LogP contribution >= 0.6 is 0 Å². The summed E-state index contributed by atoms with van der Waals surface area (Å²) < 4.78 is 1.98. The summed E-state index contributed by atoms with van der Waals surface area (Å²) in [5.41, 5.74) is 0.353. The average Bonchev–Trinajstić information content (AvgIpc) is 2.90. The van der Waals surface area contributed by atoms with Gasteiger partial charge < -0.3 is 4.57 Å². The summed E-state index contributed by atoms with van der Waals surface area (Å²) in [4.78, 5) is 15.9. The predicted molar refractivity (Wildman–Crippen MR) is 56.9 cm³/mol. The van der Waals surface area contributed by atoms with E-state index in [-0.39, 0.29) is 12.2 Å². The maximum Gasteiger partial charge on any atom is 0.192 e. The van der Waals surface area contributed by atoms with Crippen molar-refractivity contribution in [3.63, 3.8) is 0 Å². The molecule has 0 aliphatic heterocycles. The Kier molecular flexibility index (Phi) is 3.09. The Morgan fingerprint density at radius 1 is 1.56 bits per heavy atom. The Balaban J connectivity index is 2.09. The van der Waals surface area contributed by atoms with Crippen LogP contribution in [-0.4, -0.2) is 30.7 Å². The van der Waals surface area contributed by atoms with Gasteiger partial charge in [-0.2, -0.15) is 15.4 Å². The van der Waals surface area contributed by atoms with Crippen LogP contribution < -0.4 is 0 Å². The van der Waals surface area contributed by atoms with Crippen molar-refractivity contribution in [1.82, 2.24) is 25.0 Å². The fourth-order valence-electron chi connectivity index (χ4n) is 1.52. The molecule has 2 heterocycles. The SMILES string of the molecule is CCCn1ccnc1CC(=O)c1cn[nH]n1. The van der Waals surface area contributed by atoms with Crippen LogP contribution in [-0.2, 0) is 13.0 Å². The molecule has 0 aliphatic carbocycles. The zero-order chi connectivity index (χ0) is 11.4. The van der Waals surface area contributed by atoms with Crippen molar-refractivity contribution in [1.29, 1.82) is 0 Å². The Hall–Kier alpha value is -1.98. The molecule has 0 fully saturated rings. The molecule has 0 aromatic carbocycles. The van der Waals surface area contributed by atoms with Gasteiger partial charge in [-0.3, -0.25) is 4.79 Å². The molecule has 0 aliphatic rings. The van der Waals surface area contributed by atoms with Gasteiger partial charge in [0.25, 0.3) is 0 Å². The summed E-state index contributed by atoms with van der Waals surface area (Å²) in [6.07, 6.45) is 6.30. The summed E-state index contributed by atoms with van der Waals surface area (Å²) >= 11 is 0. The normalized spacial score (nSPS) is 10.6. The molecular weight excluding hydrogens is 206 g/mol. The van der Waals surface area contributed by atoms with E-state index in [0.717, 1.165) is 18.8 Å². The van der Waals surface area contributed by atoms with Crippen molar-refractivity contribution in [3.05, 3.63) is 30.1 Å². The van der Waals surface area contributed by atoms with E-state index in [1.807, 2.05) is 10.8 Å². The molecule has 6 heteroatoms. The minimum atomic E-state index is -0.0719. The number of hydrogen-bond donors (Lipinski definition) is 1. The fraction of sp³-hybridized carbons (Fsp3) is 0.400. The van der Waals surface area contributed by atoms with Gasteiger partial charge in [0, 0.05) is 18.9 Å². The number of aromatic nitrogens is 5. The zero-order valence-corrected chi connectivity index (χ0v) is 9.05. The van der Waals surface area contributed by atoms with Crippen LogP contribution in [0.15, 0.2) is 18.6 Å². The molecule has 0 saturated heterocycles. The minimum absolute atomic E-state index is 0.0719. The highest BCUT2D eigenvalue weighted by atomic mass is 16.1. The van der Waals surface area contributed by atoms with Gasteiger partial charge in [0.05, 0.1) is 12.6 Å². The number of carbonyl (C=O) groups is 1. The number of hydrogen-bond acceptors (Lipinski definition) is 4. The second-order valence-electron chi connectivity index (χ2n) is 3.49. The van der Waals surface area contributed by atoms with Crippen LogP contribution in [0.3, 0.4) is 0 Å². The maximum atomic E-state index is 11.8. The highest BCUT2D eigenvalue weighted by molar-refractivity contribution is 5.94. The van der Waals surface area contributed by atoms with Crippen molar-refractivity contribution in [2.75, 3.05) is 0 Å². The summed E-state index contributed by atoms with van der Waals surface area (Å²) in [5, 5.41) is 9.78. The van der Waals surface area contributed by atoms with Gasteiger partial charge in [-0.1, -0.05) is 6.92 Å². The van der Waals surface area contributed by atoms with Crippen LogP contribution in [0.25, 0.3) is 0 Å². The number of H-pyrrole nitrogens is 1. The quantitative estimate of drug-likeness (QED) is 0.756. The highest BCUT2D eigenvalue weighted by Crippen LogP contribution is 2.04. The molecule has 0 spiro atoms. The van der Waals surface area contributed by atoms with Crippen molar-refractivity contribution in [2.24, 2.45) is 0 Å². The molecule has 0 atom stereocenters. The zero-order valence-electron chi connectivity index (χ0n) is 9.05. The van der Waals surface area contributed by atoms with Crippen LogP contribution in [0.2, 0.25) is 0 Å². The Labute approximate surface area is 92.7 Å². The molecule has 2 aromatic rings. The first kappa shape index (κ1) is 10.5. The second-order valence-corrected chi connectivity index (χ2v) is 3.49. The Morgan fingerprint density at radius 3 is 3.12 bits per heavy atom. The van der Waals surface area contributed by atoms with Crippen LogP contribution in [0, 0.1) is 0 Å². The molecule has 0 radical (unpaired) electrons. The van der Waals surface area contributed by atoms with Crippen LogP contribution in [0.5, 0.6) is 0 Å². The van der Waals surface area contributed by atoms with Crippen LogP contribution in [0.1, 0.15) is 29.7 Å². The van der Waals surface area contributed by atoms with E-state index >= 15 is 0 Å². The number of nitrogens with zero attached hydrogens (tertiary/aromatic N) is 4. The molecule has 0 amide bonds. The molecular formula is C10H13N5O. The number of nitrogens with one attached hydrogen (secondary N) is 1. The standard InChI is InChI=1S/C10H13N5O/c1-2-4-15-5-3-11-10(15)6-9(16)8-7-12-14-13-8/h3,5,7H,2,4,6H2,1H3,(H,12,13,14). The minimum Gasteiger partial charge on any atom is -0.335 e. The first-order chi connectivity index (χ1) is 7.81. The summed E-state index contributed by atoms with van der Waals surface area (Å²) in [5.74, 6) is 0.701. The first-order valence-corrected chi connectivity index (χ1v) is 5.20. The number of aryl methyl sites for hydroxylation is 1. The molecule has 2 rings (SSSR count). The summed E-state index contributed by atoms with van der Waals surface area (Å²) in [6, 6.07) is 0. The summed E-state index contributed by atoms with van der Waals surface area (Å²) in [7, 11) is 0. The first-order valence-electron chi connectivity index (χ1n) is 5.20. The van der Waals surface area contributed by atoms with Gasteiger partial charge in [-0.15, -0.1) is 0 Å². The third-order valence-corrected chi connectivity index (χ3v) is 2.29.